The average Bonchev–Trinajstić information content (AvgIpc) is 2.85. The summed E-state index contributed by atoms with van der Waals surface area (Å²) >= 11 is 0. The maximum absolute atomic E-state index is 12.3. The van der Waals surface area contributed by atoms with E-state index >= 15 is 0 Å². The highest BCUT2D eigenvalue weighted by Gasteiger charge is 2.21. The van der Waals surface area contributed by atoms with Gasteiger partial charge in [0.15, 0.2) is 0 Å². The monoisotopic (exact) mass is 258 g/mol. The van der Waals surface area contributed by atoms with Crippen molar-refractivity contribution in [3.8, 4) is 0 Å². The molecule has 1 aliphatic carbocycles. The highest BCUT2D eigenvalue weighted by atomic mass is 16.1. The average molecular weight is 258 g/mol. The minimum atomic E-state index is 0.0915. The first-order valence-corrected chi connectivity index (χ1v) is 7.38. The van der Waals surface area contributed by atoms with Crippen molar-refractivity contribution in [1.29, 1.82) is 0 Å². The molecule has 0 radical (unpaired) electrons. The van der Waals surface area contributed by atoms with Crippen LogP contribution in [-0.2, 0) is 12.8 Å². The van der Waals surface area contributed by atoms with Crippen LogP contribution >= 0.6 is 0 Å². The lowest BCUT2D eigenvalue weighted by Gasteiger charge is -2.28. The first kappa shape index (κ1) is 12.7. The normalized spacial score (nSPS) is 25.9. The Morgan fingerprint density at radius 2 is 2.16 bits per heavy atom. The number of rotatable bonds is 2. The molecule has 1 aromatic rings. The van der Waals surface area contributed by atoms with Gasteiger partial charge in [-0.25, -0.2) is 0 Å². The molecular weight excluding hydrogens is 236 g/mol. The molecule has 1 saturated heterocycles. The topological polar surface area (TPSA) is 41.1 Å². The summed E-state index contributed by atoms with van der Waals surface area (Å²) in [5.74, 6) is 0.0915. The van der Waals surface area contributed by atoms with Gasteiger partial charge in [-0.05, 0) is 68.8 Å². The van der Waals surface area contributed by atoms with Crippen LogP contribution in [0.3, 0.4) is 0 Å². The molecule has 2 unspecified atom stereocenters. The van der Waals surface area contributed by atoms with Gasteiger partial charge in [-0.2, -0.15) is 0 Å². The molecule has 1 amide bonds. The van der Waals surface area contributed by atoms with E-state index in [1.807, 2.05) is 6.07 Å². The molecule has 19 heavy (non-hydrogen) atoms. The molecule has 2 atom stereocenters. The van der Waals surface area contributed by atoms with Crippen molar-refractivity contribution in [3.05, 3.63) is 34.9 Å². The molecule has 1 heterocycles. The summed E-state index contributed by atoms with van der Waals surface area (Å²) in [6.45, 7) is 3.17. The number of amides is 1. The first-order valence-electron chi connectivity index (χ1n) is 7.38. The highest BCUT2D eigenvalue weighted by molar-refractivity contribution is 5.94. The zero-order chi connectivity index (χ0) is 13.2. The standard InChI is InChI=1S/C16H22N2O/c1-11-9-15(7-8-17-11)18-16(19)14-6-5-12-3-2-4-13(12)10-14/h5-6,10-11,15,17H,2-4,7-9H2,1H3,(H,18,19). The highest BCUT2D eigenvalue weighted by Crippen LogP contribution is 2.23. The molecule has 0 bridgehead atoms. The lowest BCUT2D eigenvalue weighted by atomic mass is 9.99. The molecular formula is C16H22N2O. The quantitative estimate of drug-likeness (QED) is 0.852. The zero-order valence-corrected chi connectivity index (χ0v) is 11.5. The van der Waals surface area contributed by atoms with Gasteiger partial charge in [-0.1, -0.05) is 6.07 Å². The molecule has 3 heteroatoms. The van der Waals surface area contributed by atoms with E-state index in [4.69, 9.17) is 0 Å². The fraction of sp³-hybridized carbons (Fsp3) is 0.562. The number of nitrogens with one attached hydrogen (secondary N) is 2. The van der Waals surface area contributed by atoms with E-state index in [-0.39, 0.29) is 5.91 Å². The Morgan fingerprint density at radius 1 is 1.32 bits per heavy atom. The molecule has 1 aliphatic heterocycles. The van der Waals surface area contributed by atoms with Gasteiger partial charge in [0.25, 0.3) is 5.91 Å². The van der Waals surface area contributed by atoms with E-state index in [1.54, 1.807) is 0 Å². The molecule has 3 nitrogen and oxygen atoms in total. The lowest BCUT2D eigenvalue weighted by molar-refractivity contribution is 0.0925. The van der Waals surface area contributed by atoms with Gasteiger partial charge in [0.2, 0.25) is 0 Å². The predicted octanol–water partition coefficient (Wildman–Crippen LogP) is 2.05. The Balaban J connectivity index is 1.67. The van der Waals surface area contributed by atoms with Gasteiger partial charge >= 0.3 is 0 Å². The number of piperidine rings is 1. The van der Waals surface area contributed by atoms with E-state index in [0.717, 1.165) is 31.4 Å². The van der Waals surface area contributed by atoms with Crippen molar-refractivity contribution < 1.29 is 4.79 Å². The van der Waals surface area contributed by atoms with Crippen LogP contribution in [0.5, 0.6) is 0 Å². The second kappa shape index (κ2) is 5.33. The minimum Gasteiger partial charge on any atom is -0.349 e. The molecule has 0 spiro atoms. The molecule has 1 fully saturated rings. The summed E-state index contributed by atoms with van der Waals surface area (Å²) in [6.07, 6.45) is 5.58. The van der Waals surface area contributed by atoms with Crippen molar-refractivity contribution >= 4 is 5.91 Å². The fourth-order valence-electron chi connectivity index (χ4n) is 3.24. The Morgan fingerprint density at radius 3 is 3.00 bits per heavy atom. The fourth-order valence-corrected chi connectivity index (χ4v) is 3.24. The van der Waals surface area contributed by atoms with Crippen LogP contribution in [0.25, 0.3) is 0 Å². The van der Waals surface area contributed by atoms with E-state index in [2.05, 4.69) is 29.7 Å². The van der Waals surface area contributed by atoms with Gasteiger partial charge in [0.05, 0.1) is 0 Å². The van der Waals surface area contributed by atoms with Crippen molar-refractivity contribution in [3.63, 3.8) is 0 Å². The maximum atomic E-state index is 12.3. The van der Waals surface area contributed by atoms with Gasteiger partial charge in [-0.15, -0.1) is 0 Å². The number of hydrogen-bond donors (Lipinski definition) is 2. The van der Waals surface area contributed by atoms with Crippen molar-refractivity contribution in [2.45, 2.75) is 51.1 Å². The minimum absolute atomic E-state index is 0.0915. The van der Waals surface area contributed by atoms with Crippen LogP contribution in [0.15, 0.2) is 18.2 Å². The second-order valence-electron chi connectivity index (χ2n) is 5.89. The largest absolute Gasteiger partial charge is 0.349 e. The van der Waals surface area contributed by atoms with E-state index in [9.17, 15) is 4.79 Å². The Bertz CT molecular complexity index is 484. The molecule has 102 valence electrons. The third-order valence-electron chi connectivity index (χ3n) is 4.32. The summed E-state index contributed by atoms with van der Waals surface area (Å²) in [7, 11) is 0. The second-order valence-corrected chi connectivity index (χ2v) is 5.89. The Labute approximate surface area is 114 Å². The van der Waals surface area contributed by atoms with Crippen LogP contribution in [0.4, 0.5) is 0 Å². The summed E-state index contributed by atoms with van der Waals surface area (Å²) in [4.78, 5) is 12.3. The number of fused-ring (bicyclic) bond motifs is 1. The third kappa shape index (κ3) is 2.81. The Kier molecular flexibility index (Phi) is 3.56. The molecule has 0 saturated carbocycles. The molecule has 1 aromatic carbocycles. The van der Waals surface area contributed by atoms with Crippen molar-refractivity contribution in [2.75, 3.05) is 6.54 Å². The maximum Gasteiger partial charge on any atom is 0.251 e. The first-order chi connectivity index (χ1) is 9.22. The van der Waals surface area contributed by atoms with Crippen LogP contribution in [-0.4, -0.2) is 24.5 Å². The number of hydrogen-bond acceptors (Lipinski definition) is 2. The van der Waals surface area contributed by atoms with E-state index in [1.165, 1.54) is 24.0 Å². The smallest absolute Gasteiger partial charge is 0.251 e. The van der Waals surface area contributed by atoms with Crippen LogP contribution in [0.2, 0.25) is 0 Å². The number of carbonyl (C=O) groups is 1. The Hall–Kier alpha value is -1.35. The number of carbonyl (C=O) groups excluding carboxylic acids is 1. The third-order valence-corrected chi connectivity index (χ3v) is 4.32. The molecule has 0 aromatic heterocycles. The summed E-state index contributed by atoms with van der Waals surface area (Å²) in [6, 6.07) is 7.00. The zero-order valence-electron chi connectivity index (χ0n) is 11.5. The van der Waals surface area contributed by atoms with Gasteiger partial charge in [0.1, 0.15) is 0 Å². The van der Waals surface area contributed by atoms with Crippen molar-refractivity contribution in [1.82, 2.24) is 10.6 Å². The summed E-state index contributed by atoms with van der Waals surface area (Å²) < 4.78 is 0. The SMILES string of the molecule is CC1CC(NC(=O)c2ccc3c(c2)CCC3)CCN1. The van der Waals surface area contributed by atoms with Crippen molar-refractivity contribution in [2.24, 2.45) is 0 Å². The number of aryl methyl sites for hydroxylation is 2. The van der Waals surface area contributed by atoms with Gasteiger partial charge in [0, 0.05) is 17.6 Å². The predicted molar refractivity (Wildman–Crippen MR) is 76.4 cm³/mol. The van der Waals surface area contributed by atoms with E-state index in [0.29, 0.717) is 12.1 Å². The van der Waals surface area contributed by atoms with Gasteiger partial charge < -0.3 is 10.6 Å². The molecule has 2 N–H and O–H groups in total. The van der Waals surface area contributed by atoms with E-state index < -0.39 is 0 Å². The summed E-state index contributed by atoms with van der Waals surface area (Å²) in [5.41, 5.74) is 3.62. The van der Waals surface area contributed by atoms with Crippen LogP contribution in [0, 0.1) is 0 Å². The van der Waals surface area contributed by atoms with Crippen LogP contribution in [0.1, 0.15) is 47.7 Å². The summed E-state index contributed by atoms with van der Waals surface area (Å²) in [5, 5.41) is 6.59. The molecule has 3 rings (SSSR count). The number of benzene rings is 1. The van der Waals surface area contributed by atoms with Gasteiger partial charge in [-0.3, -0.25) is 4.79 Å². The lowest BCUT2D eigenvalue weighted by Crippen LogP contribution is -2.46. The molecule has 2 aliphatic rings. The van der Waals surface area contributed by atoms with Crippen LogP contribution < -0.4 is 10.6 Å².